The SMILES string of the molecule is Cc1ccc(-c2csc3nc(NC(=O)COc4ccccc4C)nn23)c(C)c1. The summed E-state index contributed by atoms with van der Waals surface area (Å²) in [5.74, 6) is 0.666. The van der Waals surface area contributed by atoms with Crippen molar-refractivity contribution in [2.75, 3.05) is 11.9 Å². The first-order valence-corrected chi connectivity index (χ1v) is 9.79. The molecule has 4 rings (SSSR count). The molecule has 0 spiro atoms. The van der Waals surface area contributed by atoms with E-state index in [1.54, 1.807) is 4.52 Å². The minimum absolute atomic E-state index is 0.0956. The molecule has 1 amide bonds. The zero-order valence-electron chi connectivity index (χ0n) is 15.9. The Morgan fingerprint density at radius 1 is 1.14 bits per heavy atom. The Hall–Kier alpha value is -3.19. The second-order valence-corrected chi connectivity index (χ2v) is 7.51. The topological polar surface area (TPSA) is 68.5 Å². The van der Waals surface area contributed by atoms with Crippen LogP contribution in [0.5, 0.6) is 5.75 Å². The lowest BCUT2D eigenvalue weighted by molar-refractivity contribution is -0.118. The Labute approximate surface area is 166 Å². The van der Waals surface area contributed by atoms with Crippen molar-refractivity contribution in [1.82, 2.24) is 14.6 Å². The highest BCUT2D eigenvalue weighted by Gasteiger charge is 2.15. The Bertz CT molecular complexity index is 1160. The summed E-state index contributed by atoms with van der Waals surface area (Å²) >= 11 is 1.49. The Morgan fingerprint density at radius 2 is 1.96 bits per heavy atom. The molecular formula is C21H20N4O2S. The standard InChI is InChI=1S/C21H20N4O2S/c1-13-8-9-16(15(3)10-13)17-12-28-21-23-20(24-25(17)21)22-19(26)11-27-18-7-5-4-6-14(18)2/h4-10,12H,11H2,1-3H3,(H,22,24,26). The van der Waals surface area contributed by atoms with E-state index < -0.39 is 0 Å². The largest absolute Gasteiger partial charge is 0.483 e. The summed E-state index contributed by atoms with van der Waals surface area (Å²) in [4.78, 5) is 17.3. The Kier molecular flexibility index (Phi) is 4.83. The van der Waals surface area contributed by atoms with Crippen molar-refractivity contribution < 1.29 is 9.53 Å². The van der Waals surface area contributed by atoms with E-state index in [2.05, 4.69) is 47.4 Å². The van der Waals surface area contributed by atoms with Crippen LogP contribution in [0, 0.1) is 20.8 Å². The van der Waals surface area contributed by atoms with E-state index in [-0.39, 0.29) is 18.5 Å². The van der Waals surface area contributed by atoms with Crippen molar-refractivity contribution in [3.63, 3.8) is 0 Å². The lowest BCUT2D eigenvalue weighted by Crippen LogP contribution is -2.21. The van der Waals surface area contributed by atoms with Gasteiger partial charge in [-0.15, -0.1) is 16.4 Å². The molecule has 0 unspecified atom stereocenters. The number of amides is 1. The van der Waals surface area contributed by atoms with Gasteiger partial charge in [-0.1, -0.05) is 42.0 Å². The van der Waals surface area contributed by atoms with Gasteiger partial charge in [0, 0.05) is 10.9 Å². The van der Waals surface area contributed by atoms with Gasteiger partial charge in [0.15, 0.2) is 6.61 Å². The second kappa shape index (κ2) is 7.44. The van der Waals surface area contributed by atoms with Crippen LogP contribution in [0.25, 0.3) is 16.2 Å². The van der Waals surface area contributed by atoms with E-state index >= 15 is 0 Å². The molecule has 2 aromatic heterocycles. The molecule has 28 heavy (non-hydrogen) atoms. The molecule has 0 saturated heterocycles. The first-order chi connectivity index (χ1) is 13.5. The van der Waals surface area contributed by atoms with Crippen LogP contribution < -0.4 is 10.1 Å². The maximum Gasteiger partial charge on any atom is 0.264 e. The fourth-order valence-electron chi connectivity index (χ4n) is 3.04. The average molecular weight is 392 g/mol. The van der Waals surface area contributed by atoms with Crippen LogP contribution in [0.4, 0.5) is 5.95 Å². The number of anilines is 1. The normalized spacial score (nSPS) is 11.0. The molecule has 2 heterocycles. The molecule has 0 fully saturated rings. The van der Waals surface area contributed by atoms with Crippen molar-refractivity contribution in [2.24, 2.45) is 0 Å². The van der Waals surface area contributed by atoms with Gasteiger partial charge in [-0.2, -0.15) is 4.98 Å². The molecule has 0 aliphatic heterocycles. The lowest BCUT2D eigenvalue weighted by Gasteiger charge is -2.07. The molecule has 0 atom stereocenters. The summed E-state index contributed by atoms with van der Waals surface area (Å²) in [5.41, 5.74) is 5.43. The van der Waals surface area contributed by atoms with Crippen molar-refractivity contribution in [3.05, 3.63) is 64.5 Å². The number of para-hydroxylation sites is 1. The number of nitrogens with one attached hydrogen (secondary N) is 1. The summed E-state index contributed by atoms with van der Waals surface area (Å²) in [6, 6.07) is 13.9. The predicted octanol–water partition coefficient (Wildman–Crippen LogP) is 4.40. The van der Waals surface area contributed by atoms with E-state index in [1.165, 1.54) is 22.5 Å². The van der Waals surface area contributed by atoms with Crippen molar-refractivity contribution in [2.45, 2.75) is 20.8 Å². The fraction of sp³-hybridized carbons (Fsp3) is 0.190. The van der Waals surface area contributed by atoms with Crippen LogP contribution in [-0.2, 0) is 4.79 Å². The van der Waals surface area contributed by atoms with Crippen molar-refractivity contribution in [3.8, 4) is 17.0 Å². The molecule has 142 valence electrons. The number of carbonyl (C=O) groups is 1. The number of aromatic nitrogens is 3. The number of rotatable bonds is 5. The third kappa shape index (κ3) is 3.61. The number of fused-ring (bicyclic) bond motifs is 1. The predicted molar refractivity (Wildman–Crippen MR) is 111 cm³/mol. The molecule has 1 N–H and O–H groups in total. The first-order valence-electron chi connectivity index (χ1n) is 8.91. The van der Waals surface area contributed by atoms with E-state index in [1.807, 2.05) is 36.6 Å². The minimum Gasteiger partial charge on any atom is -0.483 e. The molecule has 2 aromatic carbocycles. The monoisotopic (exact) mass is 392 g/mol. The van der Waals surface area contributed by atoms with Gasteiger partial charge in [0.2, 0.25) is 4.96 Å². The van der Waals surface area contributed by atoms with Crippen LogP contribution in [0.2, 0.25) is 0 Å². The van der Waals surface area contributed by atoms with Gasteiger partial charge in [-0.25, -0.2) is 4.52 Å². The van der Waals surface area contributed by atoms with E-state index in [0.29, 0.717) is 5.75 Å². The first kappa shape index (κ1) is 18.2. The number of carbonyl (C=O) groups excluding carboxylic acids is 1. The zero-order chi connectivity index (χ0) is 19.7. The Morgan fingerprint density at radius 3 is 2.75 bits per heavy atom. The van der Waals surface area contributed by atoms with Crippen molar-refractivity contribution in [1.29, 1.82) is 0 Å². The highest BCUT2D eigenvalue weighted by atomic mass is 32.1. The summed E-state index contributed by atoms with van der Waals surface area (Å²) in [5, 5.41) is 9.19. The number of hydrogen-bond acceptors (Lipinski definition) is 5. The van der Waals surface area contributed by atoms with Crippen LogP contribution >= 0.6 is 11.3 Å². The molecular weight excluding hydrogens is 372 g/mol. The third-order valence-corrected chi connectivity index (χ3v) is 5.26. The van der Waals surface area contributed by atoms with Gasteiger partial charge in [-0.05, 0) is 38.0 Å². The highest BCUT2D eigenvalue weighted by molar-refractivity contribution is 7.15. The van der Waals surface area contributed by atoms with Gasteiger partial charge in [0.05, 0.1) is 5.69 Å². The van der Waals surface area contributed by atoms with Gasteiger partial charge >= 0.3 is 0 Å². The molecule has 0 radical (unpaired) electrons. The van der Waals surface area contributed by atoms with E-state index in [4.69, 9.17) is 4.74 Å². The Balaban J connectivity index is 1.50. The second-order valence-electron chi connectivity index (χ2n) is 6.67. The highest BCUT2D eigenvalue weighted by Crippen LogP contribution is 2.28. The molecule has 0 saturated carbocycles. The number of hydrogen-bond donors (Lipinski definition) is 1. The van der Waals surface area contributed by atoms with Crippen molar-refractivity contribution >= 4 is 28.2 Å². The van der Waals surface area contributed by atoms with E-state index in [9.17, 15) is 4.79 Å². The summed E-state index contributed by atoms with van der Waals surface area (Å²) in [7, 11) is 0. The smallest absolute Gasteiger partial charge is 0.264 e. The summed E-state index contributed by atoms with van der Waals surface area (Å²) in [6.07, 6.45) is 0. The number of aryl methyl sites for hydroxylation is 3. The molecule has 0 aliphatic rings. The van der Waals surface area contributed by atoms with Gasteiger partial charge in [0.25, 0.3) is 11.9 Å². The minimum atomic E-state index is -0.297. The van der Waals surface area contributed by atoms with Crippen LogP contribution in [0.1, 0.15) is 16.7 Å². The summed E-state index contributed by atoms with van der Waals surface area (Å²) < 4.78 is 7.34. The van der Waals surface area contributed by atoms with Gasteiger partial charge in [0.1, 0.15) is 5.75 Å². The number of nitrogens with zero attached hydrogens (tertiary/aromatic N) is 3. The third-order valence-electron chi connectivity index (χ3n) is 4.44. The van der Waals surface area contributed by atoms with Gasteiger partial charge < -0.3 is 4.74 Å². The zero-order valence-corrected chi connectivity index (χ0v) is 16.7. The number of thiazole rings is 1. The fourth-order valence-corrected chi connectivity index (χ4v) is 3.87. The lowest BCUT2D eigenvalue weighted by atomic mass is 10.0. The van der Waals surface area contributed by atoms with E-state index in [0.717, 1.165) is 21.8 Å². The molecule has 7 heteroatoms. The maximum atomic E-state index is 12.2. The quantitative estimate of drug-likeness (QED) is 0.547. The van der Waals surface area contributed by atoms with Crippen LogP contribution in [0.15, 0.2) is 47.8 Å². The van der Waals surface area contributed by atoms with Crippen LogP contribution in [-0.4, -0.2) is 27.1 Å². The number of ether oxygens (including phenoxy) is 1. The van der Waals surface area contributed by atoms with Crippen LogP contribution in [0.3, 0.4) is 0 Å². The molecule has 0 aliphatic carbocycles. The average Bonchev–Trinajstić information content (AvgIpc) is 3.21. The maximum absolute atomic E-state index is 12.2. The molecule has 4 aromatic rings. The molecule has 6 nitrogen and oxygen atoms in total. The molecule has 0 bridgehead atoms. The number of benzene rings is 2. The van der Waals surface area contributed by atoms with Gasteiger partial charge in [-0.3, -0.25) is 10.1 Å². The summed E-state index contributed by atoms with van der Waals surface area (Å²) in [6.45, 7) is 5.99.